The highest BCUT2D eigenvalue weighted by Crippen LogP contribution is 2.06. The van der Waals surface area contributed by atoms with Crippen LogP contribution in [0.25, 0.3) is 5.82 Å². The van der Waals surface area contributed by atoms with E-state index in [0.29, 0.717) is 17.5 Å². The molecule has 0 N–H and O–H groups in total. The first-order valence-corrected chi connectivity index (χ1v) is 4.60. The summed E-state index contributed by atoms with van der Waals surface area (Å²) < 4.78 is 1.57. The molecule has 0 unspecified atom stereocenters. The molecule has 2 aromatic rings. The van der Waals surface area contributed by atoms with Gasteiger partial charge in [0.15, 0.2) is 5.82 Å². The summed E-state index contributed by atoms with van der Waals surface area (Å²) in [7, 11) is 0. The van der Waals surface area contributed by atoms with Gasteiger partial charge >= 0.3 is 0 Å². The Labute approximate surface area is 85.8 Å². The molecule has 0 bridgehead atoms. The largest absolute Gasteiger partial charge is 0.218 e. The number of hydrogen-bond acceptors (Lipinski definition) is 4. The van der Waals surface area contributed by atoms with Crippen molar-refractivity contribution in [3.05, 3.63) is 30.0 Å². The number of hydrogen-bond donors (Lipinski definition) is 0. The van der Waals surface area contributed by atoms with Crippen LogP contribution in [0.4, 0.5) is 0 Å². The summed E-state index contributed by atoms with van der Waals surface area (Å²) in [6, 6.07) is 3.69. The van der Waals surface area contributed by atoms with Gasteiger partial charge in [-0.1, -0.05) is 0 Å². The lowest BCUT2D eigenvalue weighted by molar-refractivity contribution is 0.774. The normalized spacial score (nSPS) is 10.4. The minimum atomic E-state index is 0.301. The van der Waals surface area contributed by atoms with Crippen molar-refractivity contribution >= 4 is 11.6 Å². The molecule has 0 amide bonds. The van der Waals surface area contributed by atoms with Gasteiger partial charge < -0.3 is 0 Å². The van der Waals surface area contributed by atoms with Crippen molar-refractivity contribution < 1.29 is 0 Å². The molecule has 0 atom stereocenters. The van der Waals surface area contributed by atoms with Crippen LogP contribution in [0.15, 0.2) is 18.5 Å². The average molecular weight is 210 g/mol. The number of aromatic nitrogens is 5. The van der Waals surface area contributed by atoms with E-state index in [1.54, 1.807) is 4.68 Å². The van der Waals surface area contributed by atoms with Gasteiger partial charge in [-0.15, -0.1) is 16.7 Å². The minimum absolute atomic E-state index is 0.301. The van der Waals surface area contributed by atoms with E-state index in [2.05, 4.69) is 20.3 Å². The molecule has 5 nitrogen and oxygen atoms in total. The highest BCUT2D eigenvalue weighted by atomic mass is 35.5. The van der Waals surface area contributed by atoms with Gasteiger partial charge in [0, 0.05) is 0 Å². The van der Waals surface area contributed by atoms with Crippen LogP contribution in [0.1, 0.15) is 11.5 Å². The molecule has 0 saturated heterocycles. The van der Waals surface area contributed by atoms with Gasteiger partial charge in [-0.3, -0.25) is 0 Å². The van der Waals surface area contributed by atoms with E-state index < -0.39 is 0 Å². The average Bonchev–Trinajstić information content (AvgIpc) is 2.67. The van der Waals surface area contributed by atoms with Crippen molar-refractivity contribution in [3.63, 3.8) is 0 Å². The Morgan fingerprint density at radius 2 is 2.21 bits per heavy atom. The standard InChI is InChI=1S/C8H8ClN5/c1-6-2-3-7(13-12-6)14-8(4-9)10-5-11-14/h2-3,5H,4H2,1H3. The van der Waals surface area contributed by atoms with Crippen LogP contribution in [0.2, 0.25) is 0 Å². The maximum absolute atomic E-state index is 5.68. The summed E-state index contributed by atoms with van der Waals surface area (Å²) in [5.74, 6) is 1.59. The molecule has 6 heteroatoms. The van der Waals surface area contributed by atoms with E-state index in [1.165, 1.54) is 6.33 Å². The maximum atomic E-state index is 5.68. The summed E-state index contributed by atoms with van der Waals surface area (Å²) in [5, 5.41) is 11.9. The fourth-order valence-corrected chi connectivity index (χ4v) is 1.24. The number of nitrogens with zero attached hydrogens (tertiary/aromatic N) is 5. The minimum Gasteiger partial charge on any atom is -0.218 e. The Morgan fingerprint density at radius 1 is 1.36 bits per heavy atom. The Hall–Kier alpha value is -1.49. The van der Waals surface area contributed by atoms with Crippen LogP contribution in [0.5, 0.6) is 0 Å². The molecule has 2 heterocycles. The van der Waals surface area contributed by atoms with E-state index in [4.69, 9.17) is 11.6 Å². The van der Waals surface area contributed by atoms with E-state index in [9.17, 15) is 0 Å². The number of rotatable bonds is 2. The van der Waals surface area contributed by atoms with Crippen molar-refractivity contribution in [1.29, 1.82) is 0 Å². The molecule has 0 saturated carbocycles. The van der Waals surface area contributed by atoms with Gasteiger partial charge in [0.25, 0.3) is 0 Å². The molecule has 0 aromatic carbocycles. The van der Waals surface area contributed by atoms with Gasteiger partial charge in [0.2, 0.25) is 0 Å². The summed E-state index contributed by atoms with van der Waals surface area (Å²) in [6.07, 6.45) is 1.44. The molecule has 2 aromatic heterocycles. The fourth-order valence-electron chi connectivity index (χ4n) is 1.05. The first-order chi connectivity index (χ1) is 6.81. The second kappa shape index (κ2) is 3.71. The molecule has 0 spiro atoms. The lowest BCUT2D eigenvalue weighted by atomic mass is 10.4. The molecule has 0 radical (unpaired) electrons. The van der Waals surface area contributed by atoms with E-state index in [0.717, 1.165) is 5.69 Å². The molecule has 0 fully saturated rings. The van der Waals surface area contributed by atoms with Crippen molar-refractivity contribution in [2.45, 2.75) is 12.8 Å². The van der Waals surface area contributed by atoms with Gasteiger partial charge in [0.05, 0.1) is 11.6 Å². The van der Waals surface area contributed by atoms with Crippen LogP contribution in [-0.4, -0.2) is 25.0 Å². The Balaban J connectivity index is 2.44. The number of alkyl halides is 1. The Morgan fingerprint density at radius 3 is 2.86 bits per heavy atom. The Bertz CT molecular complexity index is 422. The zero-order valence-electron chi connectivity index (χ0n) is 7.55. The summed E-state index contributed by atoms with van der Waals surface area (Å²) in [5.41, 5.74) is 0.862. The van der Waals surface area contributed by atoms with Crippen LogP contribution >= 0.6 is 11.6 Å². The third-order valence-corrected chi connectivity index (χ3v) is 1.98. The molecular weight excluding hydrogens is 202 g/mol. The van der Waals surface area contributed by atoms with Crippen LogP contribution < -0.4 is 0 Å². The molecular formula is C8H8ClN5. The molecule has 2 rings (SSSR count). The van der Waals surface area contributed by atoms with Crippen molar-refractivity contribution in [2.75, 3.05) is 0 Å². The van der Waals surface area contributed by atoms with Crippen LogP contribution in [0.3, 0.4) is 0 Å². The zero-order chi connectivity index (χ0) is 9.97. The van der Waals surface area contributed by atoms with Crippen molar-refractivity contribution in [3.8, 4) is 5.82 Å². The first kappa shape index (κ1) is 9.08. The van der Waals surface area contributed by atoms with Gasteiger partial charge in [-0.2, -0.15) is 14.9 Å². The monoisotopic (exact) mass is 209 g/mol. The third-order valence-electron chi connectivity index (χ3n) is 1.74. The maximum Gasteiger partial charge on any atom is 0.177 e. The van der Waals surface area contributed by atoms with Crippen LogP contribution in [0, 0.1) is 6.92 Å². The predicted molar refractivity (Wildman–Crippen MR) is 51.2 cm³/mol. The molecule has 72 valence electrons. The van der Waals surface area contributed by atoms with Crippen molar-refractivity contribution in [2.24, 2.45) is 0 Å². The van der Waals surface area contributed by atoms with E-state index >= 15 is 0 Å². The lowest BCUT2D eigenvalue weighted by Crippen LogP contribution is -2.05. The SMILES string of the molecule is Cc1ccc(-n2ncnc2CCl)nn1. The molecule has 0 aliphatic rings. The quantitative estimate of drug-likeness (QED) is 0.696. The zero-order valence-corrected chi connectivity index (χ0v) is 8.31. The topological polar surface area (TPSA) is 56.5 Å². The van der Waals surface area contributed by atoms with Gasteiger partial charge in [0.1, 0.15) is 12.2 Å². The number of aryl methyl sites for hydroxylation is 1. The molecule has 0 aliphatic carbocycles. The van der Waals surface area contributed by atoms with E-state index in [1.807, 2.05) is 19.1 Å². The third kappa shape index (κ3) is 1.58. The Kier molecular flexibility index (Phi) is 2.41. The second-order valence-electron chi connectivity index (χ2n) is 2.75. The van der Waals surface area contributed by atoms with Crippen LogP contribution in [-0.2, 0) is 5.88 Å². The summed E-state index contributed by atoms with van der Waals surface area (Å²) in [4.78, 5) is 3.99. The lowest BCUT2D eigenvalue weighted by Gasteiger charge is -2.01. The van der Waals surface area contributed by atoms with Crippen molar-refractivity contribution in [1.82, 2.24) is 25.0 Å². The smallest absolute Gasteiger partial charge is 0.177 e. The highest BCUT2D eigenvalue weighted by Gasteiger charge is 2.05. The molecule has 0 aliphatic heterocycles. The second-order valence-corrected chi connectivity index (χ2v) is 3.02. The fraction of sp³-hybridized carbons (Fsp3) is 0.250. The first-order valence-electron chi connectivity index (χ1n) is 4.07. The van der Waals surface area contributed by atoms with E-state index in [-0.39, 0.29) is 0 Å². The highest BCUT2D eigenvalue weighted by molar-refractivity contribution is 6.16. The number of halogens is 1. The summed E-state index contributed by atoms with van der Waals surface area (Å²) in [6.45, 7) is 1.88. The summed E-state index contributed by atoms with van der Waals surface area (Å²) >= 11 is 5.68. The molecule has 14 heavy (non-hydrogen) atoms. The van der Waals surface area contributed by atoms with Gasteiger partial charge in [-0.25, -0.2) is 4.98 Å². The van der Waals surface area contributed by atoms with Gasteiger partial charge in [-0.05, 0) is 19.1 Å². The predicted octanol–water partition coefficient (Wildman–Crippen LogP) is 1.10.